The van der Waals surface area contributed by atoms with E-state index < -0.39 is 0 Å². The molecule has 5 heteroatoms. The molecule has 2 amide bonds. The lowest BCUT2D eigenvalue weighted by Gasteiger charge is -2.33. The van der Waals surface area contributed by atoms with Crippen molar-refractivity contribution in [2.24, 2.45) is 0 Å². The average molecular weight is 307 g/mol. The van der Waals surface area contributed by atoms with Crippen molar-refractivity contribution in [2.45, 2.75) is 45.3 Å². The molecule has 0 unspecified atom stereocenters. The molecule has 2 rings (SSSR count). The summed E-state index contributed by atoms with van der Waals surface area (Å²) in [5, 5.41) is 2.95. The first kappa shape index (κ1) is 16.7. The second-order valence-electron chi connectivity index (χ2n) is 6.36. The van der Waals surface area contributed by atoms with Gasteiger partial charge in [0.1, 0.15) is 5.82 Å². The molecule has 1 N–H and O–H groups in total. The van der Waals surface area contributed by atoms with Crippen LogP contribution in [-0.4, -0.2) is 42.5 Å². The number of piperidine rings is 1. The molecule has 1 aromatic carbocycles. The molecular weight excluding hydrogens is 281 g/mol. The van der Waals surface area contributed by atoms with Crippen molar-refractivity contribution < 1.29 is 9.18 Å². The Bertz CT molecular complexity index is 519. The Morgan fingerprint density at radius 3 is 2.86 bits per heavy atom. The summed E-state index contributed by atoms with van der Waals surface area (Å²) in [6.45, 7) is 3.90. The Balaban J connectivity index is 1.94. The van der Waals surface area contributed by atoms with E-state index in [1.165, 1.54) is 12.5 Å². The number of carbonyl (C=O) groups excluding carboxylic acids is 1. The first-order valence-electron chi connectivity index (χ1n) is 7.94. The molecule has 122 valence electrons. The lowest BCUT2D eigenvalue weighted by Crippen LogP contribution is -2.47. The molecule has 4 nitrogen and oxygen atoms in total. The van der Waals surface area contributed by atoms with Crippen LogP contribution >= 0.6 is 0 Å². The molecule has 1 heterocycles. The van der Waals surface area contributed by atoms with Crippen LogP contribution in [-0.2, 0) is 13.1 Å². The maximum Gasteiger partial charge on any atom is 0.317 e. The molecule has 0 radical (unpaired) electrons. The first-order valence-corrected chi connectivity index (χ1v) is 7.94. The third-order valence-electron chi connectivity index (χ3n) is 4.10. The summed E-state index contributed by atoms with van der Waals surface area (Å²) >= 11 is 0. The highest BCUT2D eigenvalue weighted by molar-refractivity contribution is 5.74. The molecule has 1 atom stereocenters. The number of nitrogens with zero attached hydrogens (tertiary/aromatic N) is 2. The van der Waals surface area contributed by atoms with Crippen LogP contribution in [0.25, 0.3) is 0 Å². The number of halogens is 1. The van der Waals surface area contributed by atoms with Crippen LogP contribution in [0.4, 0.5) is 9.18 Å². The Hall–Kier alpha value is -1.62. The van der Waals surface area contributed by atoms with Gasteiger partial charge in [-0.1, -0.05) is 6.07 Å². The van der Waals surface area contributed by atoms with E-state index in [0.29, 0.717) is 24.7 Å². The van der Waals surface area contributed by atoms with Gasteiger partial charge in [-0.3, -0.25) is 0 Å². The molecule has 0 spiro atoms. The molecular formula is C17H26FN3O. The first-order chi connectivity index (χ1) is 10.5. The van der Waals surface area contributed by atoms with Crippen LogP contribution in [0.3, 0.4) is 0 Å². The van der Waals surface area contributed by atoms with Crippen LogP contribution in [0.2, 0.25) is 0 Å². The molecule has 1 saturated heterocycles. The lowest BCUT2D eigenvalue weighted by molar-refractivity contribution is 0.158. The molecule has 0 aromatic heterocycles. The van der Waals surface area contributed by atoms with E-state index in [2.05, 4.69) is 12.2 Å². The second kappa shape index (κ2) is 7.58. The summed E-state index contributed by atoms with van der Waals surface area (Å²) in [6, 6.07) is 5.31. The van der Waals surface area contributed by atoms with Crippen molar-refractivity contribution in [3.05, 3.63) is 35.1 Å². The van der Waals surface area contributed by atoms with Gasteiger partial charge in [0.15, 0.2) is 0 Å². The largest absolute Gasteiger partial charge is 0.334 e. The highest BCUT2D eigenvalue weighted by Gasteiger charge is 2.22. The number of rotatable bonds is 4. The van der Waals surface area contributed by atoms with E-state index in [9.17, 15) is 9.18 Å². The fraction of sp³-hybridized carbons (Fsp3) is 0.588. The summed E-state index contributed by atoms with van der Waals surface area (Å²) in [7, 11) is 3.82. The van der Waals surface area contributed by atoms with Gasteiger partial charge in [-0.05, 0) is 58.0 Å². The maximum atomic E-state index is 13.7. The Kier molecular flexibility index (Phi) is 5.77. The summed E-state index contributed by atoms with van der Waals surface area (Å²) in [5.41, 5.74) is 1.58. The van der Waals surface area contributed by atoms with Crippen molar-refractivity contribution in [3.8, 4) is 0 Å². The van der Waals surface area contributed by atoms with Crippen LogP contribution < -0.4 is 5.32 Å². The maximum absolute atomic E-state index is 13.7. The van der Waals surface area contributed by atoms with E-state index in [4.69, 9.17) is 0 Å². The summed E-state index contributed by atoms with van der Waals surface area (Å²) in [6.07, 6.45) is 3.33. The standard InChI is InChI=1S/C17H26FN3O/c1-13-6-4-5-9-21(13)17(22)19-11-14-7-8-16(18)15(10-14)12-20(2)3/h7-8,10,13H,4-6,9,11-12H2,1-3H3,(H,19,22)/t13-/m1/s1. The number of hydrogen-bond donors (Lipinski definition) is 1. The Morgan fingerprint density at radius 2 is 2.18 bits per heavy atom. The van der Waals surface area contributed by atoms with Crippen LogP contribution in [0.5, 0.6) is 0 Å². The van der Waals surface area contributed by atoms with E-state index in [1.807, 2.05) is 30.0 Å². The number of nitrogens with one attached hydrogen (secondary N) is 1. The monoisotopic (exact) mass is 307 g/mol. The van der Waals surface area contributed by atoms with Crippen LogP contribution in [0.15, 0.2) is 18.2 Å². The molecule has 1 fully saturated rings. The van der Waals surface area contributed by atoms with E-state index >= 15 is 0 Å². The van der Waals surface area contributed by atoms with Crippen molar-refractivity contribution in [1.82, 2.24) is 15.1 Å². The zero-order valence-electron chi connectivity index (χ0n) is 13.7. The average Bonchev–Trinajstić information content (AvgIpc) is 2.47. The quantitative estimate of drug-likeness (QED) is 0.928. The number of carbonyl (C=O) groups is 1. The van der Waals surface area contributed by atoms with Crippen LogP contribution in [0, 0.1) is 5.82 Å². The zero-order chi connectivity index (χ0) is 16.1. The molecule has 1 aromatic rings. The Morgan fingerprint density at radius 1 is 1.41 bits per heavy atom. The molecule has 0 aliphatic carbocycles. The van der Waals surface area contributed by atoms with Gasteiger partial charge in [0.2, 0.25) is 0 Å². The molecule has 22 heavy (non-hydrogen) atoms. The van der Waals surface area contributed by atoms with Crippen molar-refractivity contribution in [1.29, 1.82) is 0 Å². The Labute approximate surface area is 132 Å². The lowest BCUT2D eigenvalue weighted by atomic mass is 10.0. The van der Waals surface area contributed by atoms with Gasteiger partial charge in [0.05, 0.1) is 0 Å². The van der Waals surface area contributed by atoms with Gasteiger partial charge < -0.3 is 15.1 Å². The van der Waals surface area contributed by atoms with Gasteiger partial charge in [-0.15, -0.1) is 0 Å². The molecule has 1 aliphatic rings. The van der Waals surface area contributed by atoms with Gasteiger partial charge in [-0.25, -0.2) is 9.18 Å². The predicted molar refractivity (Wildman–Crippen MR) is 86.0 cm³/mol. The smallest absolute Gasteiger partial charge is 0.317 e. The van der Waals surface area contributed by atoms with Gasteiger partial charge in [-0.2, -0.15) is 0 Å². The van der Waals surface area contributed by atoms with E-state index in [0.717, 1.165) is 24.9 Å². The van der Waals surface area contributed by atoms with E-state index in [1.54, 1.807) is 6.07 Å². The minimum Gasteiger partial charge on any atom is -0.334 e. The van der Waals surface area contributed by atoms with Gasteiger partial charge >= 0.3 is 6.03 Å². The van der Waals surface area contributed by atoms with Crippen LogP contribution in [0.1, 0.15) is 37.3 Å². The summed E-state index contributed by atoms with van der Waals surface area (Å²) in [5.74, 6) is -0.201. The number of amides is 2. The fourth-order valence-electron chi connectivity index (χ4n) is 2.88. The molecule has 0 bridgehead atoms. The summed E-state index contributed by atoms with van der Waals surface area (Å²) in [4.78, 5) is 16.1. The molecule has 1 aliphatic heterocycles. The zero-order valence-corrected chi connectivity index (χ0v) is 13.7. The van der Waals surface area contributed by atoms with Gasteiger partial charge in [0, 0.05) is 31.2 Å². The van der Waals surface area contributed by atoms with Crippen molar-refractivity contribution >= 4 is 6.03 Å². The highest BCUT2D eigenvalue weighted by atomic mass is 19.1. The third kappa shape index (κ3) is 4.44. The number of hydrogen-bond acceptors (Lipinski definition) is 2. The number of likely N-dealkylation sites (tertiary alicyclic amines) is 1. The summed E-state index contributed by atoms with van der Waals surface area (Å²) < 4.78 is 13.7. The SMILES string of the molecule is C[C@@H]1CCCCN1C(=O)NCc1ccc(F)c(CN(C)C)c1. The minimum absolute atomic E-state index is 0.0225. The predicted octanol–water partition coefficient (Wildman–Crippen LogP) is 2.97. The highest BCUT2D eigenvalue weighted by Crippen LogP contribution is 2.17. The molecule has 0 saturated carbocycles. The normalized spacial score (nSPS) is 18.6. The van der Waals surface area contributed by atoms with Crippen molar-refractivity contribution in [2.75, 3.05) is 20.6 Å². The topological polar surface area (TPSA) is 35.6 Å². The third-order valence-corrected chi connectivity index (χ3v) is 4.10. The minimum atomic E-state index is -0.201. The second-order valence-corrected chi connectivity index (χ2v) is 6.36. The number of benzene rings is 1. The van der Waals surface area contributed by atoms with Crippen molar-refractivity contribution in [3.63, 3.8) is 0 Å². The van der Waals surface area contributed by atoms with Gasteiger partial charge in [0.25, 0.3) is 0 Å². The van der Waals surface area contributed by atoms with E-state index in [-0.39, 0.29) is 11.8 Å². The number of urea groups is 1. The fourth-order valence-corrected chi connectivity index (χ4v) is 2.88.